The predicted octanol–water partition coefficient (Wildman–Crippen LogP) is 5.33. The fourth-order valence-electron chi connectivity index (χ4n) is 4.85. The molecule has 0 bridgehead atoms. The Hall–Kier alpha value is -3.35. The van der Waals surface area contributed by atoms with Gasteiger partial charge in [0.05, 0.1) is 19.3 Å². The molecule has 0 spiro atoms. The summed E-state index contributed by atoms with van der Waals surface area (Å²) >= 11 is 6.18. The smallest absolute Gasteiger partial charge is 0.410 e. The number of rotatable bonds is 6. The van der Waals surface area contributed by atoms with Crippen LogP contribution < -0.4 is 0 Å². The van der Waals surface area contributed by atoms with Crippen LogP contribution in [0.5, 0.6) is 0 Å². The van der Waals surface area contributed by atoms with Crippen molar-refractivity contribution in [2.45, 2.75) is 31.1 Å². The van der Waals surface area contributed by atoms with E-state index in [0.717, 1.165) is 27.8 Å². The monoisotopic (exact) mass is 477 g/mol. The van der Waals surface area contributed by atoms with Gasteiger partial charge in [-0.25, -0.2) is 9.59 Å². The third-order valence-corrected chi connectivity index (χ3v) is 6.92. The number of carbonyl (C=O) groups is 2. The first-order valence-electron chi connectivity index (χ1n) is 11.2. The minimum absolute atomic E-state index is 0.0884. The van der Waals surface area contributed by atoms with Crippen LogP contribution in [0.3, 0.4) is 0 Å². The summed E-state index contributed by atoms with van der Waals surface area (Å²) in [4.78, 5) is 26.1. The number of nitrogens with zero attached hydrogens (tertiary/aromatic N) is 1. The second kappa shape index (κ2) is 9.49. The lowest BCUT2D eigenvalue weighted by Crippen LogP contribution is -2.41. The first-order valence-corrected chi connectivity index (χ1v) is 11.6. The molecule has 1 saturated heterocycles. The van der Waals surface area contributed by atoms with E-state index in [1.165, 1.54) is 4.90 Å². The lowest BCUT2D eigenvalue weighted by atomic mass is 9.98. The van der Waals surface area contributed by atoms with Crippen LogP contribution in [-0.2, 0) is 20.9 Å². The van der Waals surface area contributed by atoms with Crippen LogP contribution in [-0.4, -0.2) is 47.4 Å². The maximum Gasteiger partial charge on any atom is 0.410 e. The molecule has 174 valence electrons. The van der Waals surface area contributed by atoms with Crippen molar-refractivity contribution in [3.63, 3.8) is 0 Å². The molecule has 0 aromatic heterocycles. The highest BCUT2D eigenvalue weighted by Crippen LogP contribution is 2.44. The Kier molecular flexibility index (Phi) is 6.26. The van der Waals surface area contributed by atoms with Gasteiger partial charge in [-0.2, -0.15) is 0 Å². The largest absolute Gasteiger partial charge is 0.480 e. The summed E-state index contributed by atoms with van der Waals surface area (Å²) < 4.78 is 11.6. The molecule has 1 aliphatic heterocycles. The van der Waals surface area contributed by atoms with Crippen molar-refractivity contribution in [1.29, 1.82) is 0 Å². The van der Waals surface area contributed by atoms with Crippen molar-refractivity contribution >= 4 is 23.7 Å². The quantitative estimate of drug-likeness (QED) is 0.519. The highest BCUT2D eigenvalue weighted by atomic mass is 35.5. The van der Waals surface area contributed by atoms with Gasteiger partial charge in [-0.05, 0) is 33.9 Å². The van der Waals surface area contributed by atoms with Crippen LogP contribution in [0.4, 0.5) is 4.79 Å². The molecule has 0 unspecified atom stereocenters. The summed E-state index contributed by atoms with van der Waals surface area (Å²) in [6.07, 6.45) is -0.861. The Morgan fingerprint density at radius 2 is 1.56 bits per heavy atom. The highest BCUT2D eigenvalue weighted by Gasteiger charge is 2.41. The van der Waals surface area contributed by atoms with Crippen molar-refractivity contribution in [2.24, 2.45) is 0 Å². The summed E-state index contributed by atoms with van der Waals surface area (Å²) in [6.45, 7) is 0.536. The maximum atomic E-state index is 13.0. The second-order valence-corrected chi connectivity index (χ2v) is 8.98. The number of hydrogen-bond donors (Lipinski definition) is 1. The van der Waals surface area contributed by atoms with Gasteiger partial charge in [0.15, 0.2) is 0 Å². The van der Waals surface area contributed by atoms with E-state index in [1.807, 2.05) is 54.6 Å². The molecule has 3 aromatic carbocycles. The highest BCUT2D eigenvalue weighted by molar-refractivity contribution is 6.31. The molecule has 1 amide bonds. The second-order valence-electron chi connectivity index (χ2n) is 8.57. The molecule has 6 nitrogen and oxygen atoms in total. The van der Waals surface area contributed by atoms with Crippen LogP contribution in [0.15, 0.2) is 72.8 Å². The van der Waals surface area contributed by atoms with Gasteiger partial charge in [0.1, 0.15) is 12.6 Å². The molecule has 0 saturated carbocycles. The van der Waals surface area contributed by atoms with E-state index in [4.69, 9.17) is 21.1 Å². The van der Waals surface area contributed by atoms with Gasteiger partial charge in [-0.3, -0.25) is 4.90 Å². The first-order chi connectivity index (χ1) is 16.5. The van der Waals surface area contributed by atoms with Crippen LogP contribution in [0.1, 0.15) is 29.0 Å². The van der Waals surface area contributed by atoms with Crippen LogP contribution in [0.25, 0.3) is 11.1 Å². The van der Waals surface area contributed by atoms with Gasteiger partial charge in [-0.1, -0.05) is 78.3 Å². The van der Waals surface area contributed by atoms with Gasteiger partial charge >= 0.3 is 12.1 Å². The maximum absolute atomic E-state index is 13.0. The summed E-state index contributed by atoms with van der Waals surface area (Å²) in [5.41, 5.74) is 5.30. The molecule has 7 heteroatoms. The minimum atomic E-state index is -1.07. The average molecular weight is 478 g/mol. The topological polar surface area (TPSA) is 76.1 Å². The van der Waals surface area contributed by atoms with Gasteiger partial charge in [-0.15, -0.1) is 0 Å². The van der Waals surface area contributed by atoms with Crippen molar-refractivity contribution in [3.05, 3.63) is 94.5 Å². The summed E-state index contributed by atoms with van der Waals surface area (Å²) in [7, 11) is 0. The molecule has 0 radical (unpaired) electrons. The number of ether oxygens (including phenoxy) is 2. The SMILES string of the molecule is O=C(O)[C@@H]1C[C@H](OCc2ccccc2Cl)CN1C(=O)OCC1c2ccccc2-c2ccccc21. The Balaban J connectivity index is 1.26. The molecule has 34 heavy (non-hydrogen) atoms. The number of carboxylic acids is 1. The molecular formula is C27H24ClNO5. The lowest BCUT2D eigenvalue weighted by Gasteiger charge is -2.22. The third kappa shape index (κ3) is 4.27. The van der Waals surface area contributed by atoms with Crippen molar-refractivity contribution in [2.75, 3.05) is 13.2 Å². The Morgan fingerprint density at radius 3 is 2.21 bits per heavy atom. The molecule has 1 aliphatic carbocycles. The zero-order valence-electron chi connectivity index (χ0n) is 18.4. The number of amides is 1. The molecular weight excluding hydrogens is 454 g/mol. The number of carbonyl (C=O) groups excluding carboxylic acids is 1. The number of benzene rings is 3. The molecule has 2 aliphatic rings. The van der Waals surface area contributed by atoms with Crippen LogP contribution >= 0.6 is 11.6 Å². The predicted molar refractivity (Wildman–Crippen MR) is 128 cm³/mol. The summed E-state index contributed by atoms with van der Waals surface area (Å²) in [5.74, 6) is -1.16. The molecule has 1 N–H and O–H groups in total. The van der Waals surface area contributed by atoms with E-state index in [0.29, 0.717) is 5.02 Å². The third-order valence-electron chi connectivity index (χ3n) is 6.55. The van der Waals surface area contributed by atoms with Crippen molar-refractivity contribution in [1.82, 2.24) is 4.90 Å². The average Bonchev–Trinajstić information content (AvgIpc) is 3.42. The van der Waals surface area contributed by atoms with Crippen molar-refractivity contribution in [3.8, 4) is 11.1 Å². The fraction of sp³-hybridized carbons (Fsp3) is 0.259. The Bertz CT molecular complexity index is 1180. The number of fused-ring (bicyclic) bond motifs is 3. The number of halogens is 1. The summed E-state index contributed by atoms with van der Waals surface area (Å²) in [5, 5.41) is 10.3. The Labute approximate surface area is 202 Å². The molecule has 2 atom stereocenters. The van der Waals surface area contributed by atoms with Gasteiger partial charge in [0, 0.05) is 17.4 Å². The zero-order chi connectivity index (χ0) is 23.7. The van der Waals surface area contributed by atoms with Crippen LogP contribution in [0, 0.1) is 0 Å². The minimum Gasteiger partial charge on any atom is -0.480 e. The molecule has 1 heterocycles. The van der Waals surface area contributed by atoms with Gasteiger partial charge in [0.2, 0.25) is 0 Å². The van der Waals surface area contributed by atoms with E-state index in [9.17, 15) is 14.7 Å². The van der Waals surface area contributed by atoms with Gasteiger partial charge < -0.3 is 14.6 Å². The number of carboxylic acid groups (broad SMARTS) is 1. The van der Waals surface area contributed by atoms with Crippen LogP contribution in [0.2, 0.25) is 5.02 Å². The number of hydrogen-bond acceptors (Lipinski definition) is 4. The fourth-order valence-corrected chi connectivity index (χ4v) is 5.04. The number of aliphatic carboxylic acids is 1. The summed E-state index contributed by atoms with van der Waals surface area (Å²) in [6, 6.07) is 22.5. The first kappa shape index (κ1) is 22.4. The van der Waals surface area contributed by atoms with E-state index in [2.05, 4.69) is 12.1 Å². The molecule has 3 aromatic rings. The lowest BCUT2D eigenvalue weighted by molar-refractivity contribution is -0.141. The van der Waals surface area contributed by atoms with E-state index in [-0.39, 0.29) is 32.1 Å². The molecule has 1 fully saturated rings. The van der Waals surface area contributed by atoms with E-state index in [1.54, 1.807) is 6.07 Å². The number of likely N-dealkylation sites (tertiary alicyclic amines) is 1. The van der Waals surface area contributed by atoms with E-state index < -0.39 is 24.2 Å². The standard InChI is InChI=1S/C27H24ClNO5/c28-24-12-6-1-7-17(24)15-33-18-13-25(26(30)31)29(14-18)27(32)34-16-23-21-10-4-2-8-19(21)20-9-3-5-11-22(20)23/h1-12,18,23,25H,13-16H2,(H,30,31)/t18-,25-/m0/s1. The van der Waals surface area contributed by atoms with E-state index >= 15 is 0 Å². The van der Waals surface area contributed by atoms with Gasteiger partial charge in [0.25, 0.3) is 0 Å². The Morgan fingerprint density at radius 1 is 0.941 bits per heavy atom. The van der Waals surface area contributed by atoms with Crippen molar-refractivity contribution < 1.29 is 24.2 Å². The normalized spacial score (nSPS) is 19.0. The molecule has 5 rings (SSSR count). The zero-order valence-corrected chi connectivity index (χ0v) is 19.1.